The van der Waals surface area contributed by atoms with Gasteiger partial charge in [0, 0.05) is 11.4 Å². The number of para-hydroxylation sites is 1. The van der Waals surface area contributed by atoms with Crippen molar-refractivity contribution in [1.29, 1.82) is 0 Å². The summed E-state index contributed by atoms with van der Waals surface area (Å²) in [6, 6.07) is 11.9. The Kier molecular flexibility index (Phi) is 7.36. The Balaban J connectivity index is 1.61. The van der Waals surface area contributed by atoms with Gasteiger partial charge in [-0.05, 0) is 48.4 Å². The molecule has 0 atom stereocenters. The maximum absolute atomic E-state index is 13.3. The molecule has 194 valence electrons. The second-order valence-electron chi connectivity index (χ2n) is 7.99. The third kappa shape index (κ3) is 5.37. The molecule has 0 aliphatic carbocycles. The van der Waals surface area contributed by atoms with Gasteiger partial charge >= 0.3 is 6.09 Å². The van der Waals surface area contributed by atoms with Crippen molar-refractivity contribution in [1.82, 2.24) is 4.90 Å². The van der Waals surface area contributed by atoms with Crippen molar-refractivity contribution in [2.24, 2.45) is 5.73 Å². The van der Waals surface area contributed by atoms with Gasteiger partial charge in [0.2, 0.25) is 0 Å². The molecule has 0 saturated carbocycles. The first-order chi connectivity index (χ1) is 17.6. The van der Waals surface area contributed by atoms with Crippen LogP contribution >= 0.6 is 11.3 Å². The van der Waals surface area contributed by atoms with Gasteiger partial charge in [0.25, 0.3) is 21.8 Å². The molecule has 11 nitrogen and oxygen atoms in total. The number of methoxy groups -OCH3 is 2. The summed E-state index contributed by atoms with van der Waals surface area (Å²) < 4.78 is 38.2. The molecule has 0 unspecified atom stereocenters. The molecule has 2 heterocycles. The Labute approximate surface area is 217 Å². The van der Waals surface area contributed by atoms with Crippen LogP contribution in [0.1, 0.15) is 31.2 Å². The van der Waals surface area contributed by atoms with E-state index in [-0.39, 0.29) is 33.3 Å². The average molecular weight is 545 g/mol. The van der Waals surface area contributed by atoms with E-state index in [9.17, 15) is 22.8 Å². The van der Waals surface area contributed by atoms with Crippen molar-refractivity contribution in [2.75, 3.05) is 30.8 Å². The lowest BCUT2D eigenvalue weighted by Crippen LogP contribution is -2.35. The zero-order valence-electron chi connectivity index (χ0n) is 19.9. The number of anilines is 2. The molecule has 0 spiro atoms. The molecule has 3 amide bonds. The van der Waals surface area contributed by atoms with E-state index >= 15 is 0 Å². The van der Waals surface area contributed by atoms with Crippen LogP contribution < -0.4 is 20.5 Å². The van der Waals surface area contributed by atoms with Gasteiger partial charge < -0.3 is 25.4 Å². The number of primary amides is 1. The number of rotatable bonds is 7. The summed E-state index contributed by atoms with van der Waals surface area (Å²) in [5, 5.41) is 2.92. The number of benzene rings is 2. The summed E-state index contributed by atoms with van der Waals surface area (Å²) in [6.07, 6.45) is -0.129. The molecule has 4 rings (SSSR count). The van der Waals surface area contributed by atoms with Crippen molar-refractivity contribution in [2.45, 2.75) is 17.9 Å². The van der Waals surface area contributed by atoms with Gasteiger partial charge in [-0.15, -0.1) is 11.3 Å². The maximum Gasteiger partial charge on any atom is 0.409 e. The summed E-state index contributed by atoms with van der Waals surface area (Å²) in [6.45, 7) is 0.543. The van der Waals surface area contributed by atoms with Gasteiger partial charge in [-0.2, -0.15) is 0 Å². The molecular formula is C24H24N4O7S2. The van der Waals surface area contributed by atoms with Crippen LogP contribution in [-0.2, 0) is 27.7 Å². The number of thiophene rings is 1. The number of fused-ring (bicyclic) bond motifs is 1. The first-order valence-corrected chi connectivity index (χ1v) is 13.3. The SMILES string of the molecule is COC(=O)N1CCc2c(sc(NC(=O)c3ccccc3NS(=O)(=O)c3ccc(OC)cc3)c2C(N)=O)C1. The first-order valence-electron chi connectivity index (χ1n) is 11.0. The van der Waals surface area contributed by atoms with Crippen molar-refractivity contribution in [3.63, 3.8) is 0 Å². The van der Waals surface area contributed by atoms with Gasteiger partial charge in [0.1, 0.15) is 10.8 Å². The largest absolute Gasteiger partial charge is 0.497 e. The molecule has 1 aliphatic rings. The molecule has 1 aliphatic heterocycles. The molecule has 4 N–H and O–H groups in total. The topological polar surface area (TPSA) is 157 Å². The molecule has 3 aromatic rings. The highest BCUT2D eigenvalue weighted by Gasteiger charge is 2.30. The van der Waals surface area contributed by atoms with Crippen LogP contribution in [0.5, 0.6) is 5.75 Å². The summed E-state index contributed by atoms with van der Waals surface area (Å²) in [4.78, 5) is 39.6. The highest BCUT2D eigenvalue weighted by atomic mass is 32.2. The number of amides is 3. The number of hydrogen-bond acceptors (Lipinski definition) is 8. The third-order valence-corrected chi connectivity index (χ3v) is 8.26. The Morgan fingerprint density at radius 3 is 2.41 bits per heavy atom. The number of ether oxygens (including phenoxy) is 2. The fourth-order valence-corrected chi connectivity index (χ4v) is 6.28. The molecule has 1 aromatic heterocycles. The summed E-state index contributed by atoms with van der Waals surface area (Å²) in [5.41, 5.74) is 6.56. The van der Waals surface area contributed by atoms with Crippen LogP contribution in [0.4, 0.5) is 15.5 Å². The maximum atomic E-state index is 13.3. The van der Waals surface area contributed by atoms with Crippen molar-refractivity contribution < 1.29 is 32.3 Å². The number of nitrogens with two attached hydrogens (primary N) is 1. The van der Waals surface area contributed by atoms with Crippen LogP contribution in [0.25, 0.3) is 0 Å². The smallest absolute Gasteiger partial charge is 0.409 e. The van der Waals surface area contributed by atoms with Gasteiger partial charge in [-0.3, -0.25) is 14.3 Å². The summed E-state index contributed by atoms with van der Waals surface area (Å²) in [7, 11) is -1.26. The molecule has 37 heavy (non-hydrogen) atoms. The minimum absolute atomic E-state index is 0.0133. The van der Waals surface area contributed by atoms with Crippen LogP contribution in [0.3, 0.4) is 0 Å². The Bertz CT molecular complexity index is 1470. The van der Waals surface area contributed by atoms with E-state index in [4.69, 9.17) is 15.2 Å². The highest BCUT2D eigenvalue weighted by molar-refractivity contribution is 7.92. The van der Waals surface area contributed by atoms with Crippen LogP contribution in [-0.4, -0.2) is 52.0 Å². The van der Waals surface area contributed by atoms with E-state index in [1.165, 1.54) is 55.5 Å². The Morgan fingerprint density at radius 2 is 1.76 bits per heavy atom. The number of carbonyl (C=O) groups excluding carboxylic acids is 3. The fraction of sp³-hybridized carbons (Fsp3) is 0.208. The van der Waals surface area contributed by atoms with E-state index in [1.807, 2.05) is 0 Å². The lowest BCUT2D eigenvalue weighted by atomic mass is 10.0. The number of sulfonamides is 1. The molecule has 13 heteroatoms. The van der Waals surface area contributed by atoms with E-state index in [0.29, 0.717) is 29.2 Å². The molecular weight excluding hydrogens is 520 g/mol. The monoisotopic (exact) mass is 544 g/mol. The van der Waals surface area contributed by atoms with Gasteiger partial charge in [0.15, 0.2) is 0 Å². The van der Waals surface area contributed by atoms with Gasteiger partial charge in [0.05, 0.1) is 42.5 Å². The normalized spacial score (nSPS) is 12.9. The zero-order chi connectivity index (χ0) is 26.7. The van der Waals surface area contributed by atoms with Crippen LogP contribution in [0.15, 0.2) is 53.4 Å². The molecule has 0 radical (unpaired) electrons. The zero-order valence-corrected chi connectivity index (χ0v) is 21.6. The minimum Gasteiger partial charge on any atom is -0.497 e. The number of carbonyl (C=O) groups is 3. The number of hydrogen-bond donors (Lipinski definition) is 3. The van der Waals surface area contributed by atoms with E-state index in [2.05, 4.69) is 10.0 Å². The van der Waals surface area contributed by atoms with E-state index < -0.39 is 27.9 Å². The predicted molar refractivity (Wildman–Crippen MR) is 138 cm³/mol. The summed E-state index contributed by atoms with van der Waals surface area (Å²) in [5.74, 6) is -0.857. The highest BCUT2D eigenvalue weighted by Crippen LogP contribution is 2.37. The van der Waals surface area contributed by atoms with E-state index in [1.54, 1.807) is 12.1 Å². The second-order valence-corrected chi connectivity index (χ2v) is 10.8. The van der Waals surface area contributed by atoms with Crippen molar-refractivity contribution >= 4 is 50.0 Å². The standard InChI is InChI=1S/C24H24N4O7S2/c1-34-14-7-9-15(10-8-14)37(32,33)27-18-6-4-3-5-16(18)22(30)26-23-20(21(25)29)17-11-12-28(24(31)35-2)13-19(17)36-23/h3-10,27H,11-13H2,1-2H3,(H2,25,29)(H,26,30). The summed E-state index contributed by atoms with van der Waals surface area (Å²) >= 11 is 1.13. The van der Waals surface area contributed by atoms with Crippen molar-refractivity contribution in [3.05, 3.63) is 70.1 Å². The first kappa shape index (κ1) is 26.0. The van der Waals surface area contributed by atoms with Crippen LogP contribution in [0.2, 0.25) is 0 Å². The number of nitrogens with one attached hydrogen (secondary N) is 2. The predicted octanol–water partition coefficient (Wildman–Crippen LogP) is 3.03. The van der Waals surface area contributed by atoms with Crippen molar-refractivity contribution in [3.8, 4) is 5.75 Å². The van der Waals surface area contributed by atoms with E-state index in [0.717, 1.165) is 11.3 Å². The lowest BCUT2D eigenvalue weighted by molar-refractivity contribution is 0.0999. The van der Waals surface area contributed by atoms with Gasteiger partial charge in [-0.1, -0.05) is 12.1 Å². The molecule has 2 aromatic carbocycles. The van der Waals surface area contributed by atoms with Crippen LogP contribution in [0, 0.1) is 0 Å². The lowest BCUT2D eigenvalue weighted by Gasteiger charge is -2.25. The minimum atomic E-state index is -4.01. The average Bonchev–Trinajstić information content (AvgIpc) is 3.25. The quantitative estimate of drug-likeness (QED) is 0.413. The molecule has 0 bridgehead atoms. The fourth-order valence-electron chi connectivity index (χ4n) is 3.94. The number of nitrogens with zero attached hydrogens (tertiary/aromatic N) is 1. The molecule has 0 saturated heterocycles. The Hall–Kier alpha value is -4.10. The Morgan fingerprint density at radius 1 is 1.05 bits per heavy atom. The third-order valence-electron chi connectivity index (χ3n) is 5.75. The molecule has 0 fully saturated rings. The second kappa shape index (κ2) is 10.5. The van der Waals surface area contributed by atoms with Gasteiger partial charge in [-0.25, -0.2) is 13.2 Å².